The fourth-order valence-electron chi connectivity index (χ4n) is 1.58. The van der Waals surface area contributed by atoms with Crippen LogP contribution in [-0.4, -0.2) is 11.5 Å². The van der Waals surface area contributed by atoms with Gasteiger partial charge in [0.25, 0.3) is 0 Å². The van der Waals surface area contributed by atoms with E-state index in [1.54, 1.807) is 18.5 Å². The van der Waals surface area contributed by atoms with Crippen LogP contribution in [0.15, 0.2) is 41.1 Å². The molecule has 0 fully saturated rings. The molecule has 0 bridgehead atoms. The Balaban J connectivity index is 2.13. The molecule has 1 N–H and O–H groups in total. The highest BCUT2D eigenvalue weighted by molar-refractivity contribution is 9.10. The molecular weight excluding hydrogens is 328 g/mol. The van der Waals surface area contributed by atoms with Crippen molar-refractivity contribution in [2.45, 2.75) is 13.5 Å². The quantitative estimate of drug-likeness (QED) is 0.875. The van der Waals surface area contributed by atoms with E-state index in [1.165, 1.54) is 5.56 Å². The molecule has 1 aromatic carbocycles. The van der Waals surface area contributed by atoms with Crippen molar-refractivity contribution >= 4 is 27.5 Å². The molecule has 0 spiro atoms. The number of rotatable bonds is 5. The maximum Gasteiger partial charge on any atom is 0.147 e. The highest BCUT2D eigenvalue weighted by Crippen LogP contribution is 2.31. The third-order valence-corrected chi connectivity index (χ3v) is 3.31. The molecule has 1 heterocycles. The van der Waals surface area contributed by atoms with Crippen molar-refractivity contribution in [3.8, 4) is 11.5 Å². The summed E-state index contributed by atoms with van der Waals surface area (Å²) in [5.41, 5.74) is 1.20. The Labute approximate surface area is 126 Å². The van der Waals surface area contributed by atoms with Gasteiger partial charge in [-0.25, -0.2) is 0 Å². The molecule has 100 valence electrons. The Bertz CT molecular complexity index is 563. The molecule has 0 saturated carbocycles. The average molecular weight is 342 g/mol. The number of hydrogen-bond donors (Lipinski definition) is 1. The molecule has 0 aliphatic rings. The predicted octanol–water partition coefficient (Wildman–Crippen LogP) is 4.40. The van der Waals surface area contributed by atoms with Gasteiger partial charge in [-0.1, -0.05) is 24.6 Å². The van der Waals surface area contributed by atoms with Gasteiger partial charge in [0.1, 0.15) is 11.5 Å². The van der Waals surface area contributed by atoms with Gasteiger partial charge < -0.3 is 10.1 Å². The first-order chi connectivity index (χ1) is 9.19. The molecule has 0 amide bonds. The smallest absolute Gasteiger partial charge is 0.147 e. The van der Waals surface area contributed by atoms with Crippen molar-refractivity contribution in [3.63, 3.8) is 0 Å². The largest absolute Gasteiger partial charge is 0.455 e. The molecule has 0 atom stereocenters. The molecule has 0 saturated heterocycles. The van der Waals surface area contributed by atoms with Crippen LogP contribution in [0.4, 0.5) is 0 Å². The minimum absolute atomic E-state index is 0.553. The van der Waals surface area contributed by atoms with Gasteiger partial charge in [-0.3, -0.25) is 4.98 Å². The van der Waals surface area contributed by atoms with E-state index in [4.69, 9.17) is 16.3 Å². The lowest BCUT2D eigenvalue weighted by molar-refractivity contribution is 0.477. The summed E-state index contributed by atoms with van der Waals surface area (Å²) in [5, 5.41) is 3.83. The van der Waals surface area contributed by atoms with Gasteiger partial charge in [-0.15, -0.1) is 0 Å². The van der Waals surface area contributed by atoms with E-state index < -0.39 is 0 Å². The standard InChI is InChI=1S/C14H14BrClN2O/c1-2-17-7-10-3-4-14(13(15)5-10)19-12-6-11(16)8-18-9-12/h3-6,8-9,17H,2,7H2,1H3. The number of pyridine rings is 1. The first kappa shape index (κ1) is 14.3. The summed E-state index contributed by atoms with van der Waals surface area (Å²) in [7, 11) is 0. The van der Waals surface area contributed by atoms with Gasteiger partial charge in [-0.2, -0.15) is 0 Å². The number of aromatic nitrogens is 1. The summed E-state index contributed by atoms with van der Waals surface area (Å²) in [6.45, 7) is 3.87. The van der Waals surface area contributed by atoms with Gasteiger partial charge in [0.2, 0.25) is 0 Å². The number of benzene rings is 1. The monoisotopic (exact) mass is 340 g/mol. The van der Waals surface area contributed by atoms with Crippen LogP contribution >= 0.6 is 27.5 Å². The molecule has 1 aromatic heterocycles. The second-order valence-electron chi connectivity index (χ2n) is 3.99. The SMILES string of the molecule is CCNCc1ccc(Oc2cncc(Cl)c2)c(Br)c1. The maximum atomic E-state index is 5.87. The Morgan fingerprint density at radius 1 is 1.32 bits per heavy atom. The van der Waals surface area contributed by atoms with Gasteiger partial charge in [-0.05, 0) is 40.2 Å². The highest BCUT2D eigenvalue weighted by Gasteiger charge is 2.05. The zero-order chi connectivity index (χ0) is 13.7. The highest BCUT2D eigenvalue weighted by atomic mass is 79.9. The summed E-state index contributed by atoms with van der Waals surface area (Å²) >= 11 is 9.38. The normalized spacial score (nSPS) is 10.5. The summed E-state index contributed by atoms with van der Waals surface area (Å²) in [6, 6.07) is 7.72. The van der Waals surface area contributed by atoms with Crippen molar-refractivity contribution in [1.82, 2.24) is 10.3 Å². The lowest BCUT2D eigenvalue weighted by Gasteiger charge is -2.09. The molecule has 5 heteroatoms. The van der Waals surface area contributed by atoms with E-state index in [-0.39, 0.29) is 0 Å². The van der Waals surface area contributed by atoms with Crippen LogP contribution in [0.1, 0.15) is 12.5 Å². The van der Waals surface area contributed by atoms with Gasteiger partial charge in [0.15, 0.2) is 0 Å². The molecule has 0 aliphatic heterocycles. The van der Waals surface area contributed by atoms with Crippen LogP contribution in [0.2, 0.25) is 5.02 Å². The van der Waals surface area contributed by atoms with Gasteiger partial charge in [0.05, 0.1) is 15.7 Å². The van der Waals surface area contributed by atoms with Gasteiger partial charge in [0, 0.05) is 18.8 Å². The van der Waals surface area contributed by atoms with Crippen molar-refractivity contribution in [3.05, 3.63) is 51.7 Å². The second kappa shape index (κ2) is 6.89. The summed E-state index contributed by atoms with van der Waals surface area (Å²) in [4.78, 5) is 3.99. The number of nitrogens with zero attached hydrogens (tertiary/aromatic N) is 1. The lowest BCUT2D eigenvalue weighted by Crippen LogP contribution is -2.11. The Morgan fingerprint density at radius 2 is 2.16 bits per heavy atom. The zero-order valence-corrected chi connectivity index (χ0v) is 12.8. The minimum Gasteiger partial charge on any atom is -0.455 e. The first-order valence-electron chi connectivity index (χ1n) is 5.96. The van der Waals surface area contributed by atoms with E-state index in [0.717, 1.165) is 23.3 Å². The van der Waals surface area contributed by atoms with Crippen molar-refractivity contribution in [2.75, 3.05) is 6.54 Å². The van der Waals surface area contributed by atoms with E-state index in [0.29, 0.717) is 10.8 Å². The van der Waals surface area contributed by atoms with E-state index in [2.05, 4.69) is 33.2 Å². The van der Waals surface area contributed by atoms with Crippen LogP contribution < -0.4 is 10.1 Å². The third kappa shape index (κ3) is 4.20. The van der Waals surface area contributed by atoms with Crippen molar-refractivity contribution in [1.29, 1.82) is 0 Å². The molecular formula is C14H14BrClN2O. The molecule has 2 rings (SSSR count). The average Bonchev–Trinajstić information content (AvgIpc) is 2.39. The second-order valence-corrected chi connectivity index (χ2v) is 5.28. The predicted molar refractivity (Wildman–Crippen MR) is 80.8 cm³/mol. The van der Waals surface area contributed by atoms with E-state index >= 15 is 0 Å². The molecule has 19 heavy (non-hydrogen) atoms. The van der Waals surface area contributed by atoms with Crippen molar-refractivity contribution < 1.29 is 4.74 Å². The Kier molecular flexibility index (Phi) is 5.19. The van der Waals surface area contributed by atoms with E-state index in [9.17, 15) is 0 Å². The third-order valence-electron chi connectivity index (χ3n) is 2.48. The van der Waals surface area contributed by atoms with Crippen molar-refractivity contribution in [2.24, 2.45) is 0 Å². The summed E-state index contributed by atoms with van der Waals surface area (Å²) in [6.07, 6.45) is 3.20. The van der Waals surface area contributed by atoms with E-state index in [1.807, 2.05) is 18.2 Å². The fraction of sp³-hybridized carbons (Fsp3) is 0.214. The van der Waals surface area contributed by atoms with Crippen LogP contribution in [0, 0.1) is 0 Å². The fourth-order valence-corrected chi connectivity index (χ4v) is 2.25. The molecule has 3 nitrogen and oxygen atoms in total. The van der Waals surface area contributed by atoms with Crippen LogP contribution in [-0.2, 0) is 6.54 Å². The molecule has 0 unspecified atom stereocenters. The number of nitrogens with one attached hydrogen (secondary N) is 1. The summed E-state index contributed by atoms with van der Waals surface area (Å²) < 4.78 is 6.64. The number of halogens is 2. The first-order valence-corrected chi connectivity index (χ1v) is 7.13. The number of hydrogen-bond acceptors (Lipinski definition) is 3. The zero-order valence-electron chi connectivity index (χ0n) is 10.5. The van der Waals surface area contributed by atoms with Crippen LogP contribution in [0.25, 0.3) is 0 Å². The van der Waals surface area contributed by atoms with Crippen LogP contribution in [0.3, 0.4) is 0 Å². The Morgan fingerprint density at radius 3 is 2.84 bits per heavy atom. The molecule has 0 aliphatic carbocycles. The maximum absolute atomic E-state index is 5.87. The Hall–Kier alpha value is -1.10. The minimum atomic E-state index is 0.553. The molecule has 0 radical (unpaired) electrons. The lowest BCUT2D eigenvalue weighted by atomic mass is 10.2. The topological polar surface area (TPSA) is 34.1 Å². The number of ether oxygens (including phenoxy) is 1. The summed E-state index contributed by atoms with van der Waals surface area (Å²) in [5.74, 6) is 1.36. The van der Waals surface area contributed by atoms with Gasteiger partial charge >= 0.3 is 0 Å². The molecule has 2 aromatic rings. The van der Waals surface area contributed by atoms with Crippen LogP contribution in [0.5, 0.6) is 11.5 Å².